The molecule has 0 saturated heterocycles. The van der Waals surface area contributed by atoms with Gasteiger partial charge in [-0.3, -0.25) is 0 Å². The van der Waals surface area contributed by atoms with Gasteiger partial charge in [-0.1, -0.05) is 0 Å². The van der Waals surface area contributed by atoms with Crippen molar-refractivity contribution in [1.29, 1.82) is 5.26 Å². The van der Waals surface area contributed by atoms with Crippen LogP contribution in [-0.4, -0.2) is 16.4 Å². The van der Waals surface area contributed by atoms with Crippen LogP contribution in [0, 0.1) is 11.3 Å². The highest BCUT2D eigenvalue weighted by molar-refractivity contribution is 9.11. The van der Waals surface area contributed by atoms with E-state index in [1.165, 1.54) is 4.88 Å². The molecule has 0 saturated carbocycles. The molecule has 5 nitrogen and oxygen atoms in total. The number of fused-ring (bicyclic) bond motifs is 1. The first-order valence-corrected chi connectivity index (χ1v) is 7.77. The van der Waals surface area contributed by atoms with Gasteiger partial charge in [-0.2, -0.15) is 5.26 Å². The maximum Gasteiger partial charge on any atom is 0.159 e. The Labute approximate surface area is 130 Å². The fourth-order valence-corrected chi connectivity index (χ4v) is 3.73. The summed E-state index contributed by atoms with van der Waals surface area (Å²) in [6.45, 7) is 5.29. The topological polar surface area (TPSA) is 92.0 Å². The smallest absolute Gasteiger partial charge is 0.159 e. The van der Waals surface area contributed by atoms with Crippen LogP contribution in [0.15, 0.2) is 26.6 Å². The van der Waals surface area contributed by atoms with Crippen LogP contribution in [0.25, 0.3) is 0 Å². The normalized spacial score (nSPS) is 17.0. The highest BCUT2D eigenvalue weighted by Crippen LogP contribution is 2.30. The van der Waals surface area contributed by atoms with Crippen LogP contribution in [0.3, 0.4) is 0 Å². The van der Waals surface area contributed by atoms with Crippen molar-refractivity contribution in [2.24, 2.45) is 11.5 Å². The molecule has 1 aromatic rings. The summed E-state index contributed by atoms with van der Waals surface area (Å²) in [5.74, 6) is 0.677. The largest absolute Gasteiger partial charge is 0.390 e. The fraction of sp³-hybridized carbons (Fsp3) is 0.385. The predicted molar refractivity (Wildman–Crippen MR) is 83.3 cm³/mol. The molecule has 0 amide bonds. The minimum absolute atomic E-state index is 0.212. The number of hydrogen-bond acceptors (Lipinski definition) is 6. The molecule has 20 heavy (non-hydrogen) atoms. The van der Waals surface area contributed by atoms with Crippen LogP contribution in [0.2, 0.25) is 0 Å². The lowest BCUT2D eigenvalue weighted by molar-refractivity contribution is 0.317. The average Bonchev–Trinajstić information content (AvgIpc) is 2.82. The Bertz CT molecular complexity index is 638. The molecule has 2 rings (SSSR count). The van der Waals surface area contributed by atoms with Crippen molar-refractivity contribution < 1.29 is 0 Å². The lowest BCUT2D eigenvalue weighted by atomic mass is 10.1. The summed E-state index contributed by atoms with van der Waals surface area (Å²) in [5, 5.41) is 8.86. The van der Waals surface area contributed by atoms with E-state index in [0.717, 1.165) is 40.3 Å². The number of nitriles is 1. The monoisotopic (exact) mass is 353 g/mol. The Morgan fingerprint density at radius 1 is 1.40 bits per heavy atom. The number of rotatable bonds is 2. The first kappa shape index (κ1) is 14.9. The van der Waals surface area contributed by atoms with Crippen molar-refractivity contribution in [2.75, 3.05) is 6.54 Å². The van der Waals surface area contributed by atoms with E-state index in [9.17, 15) is 0 Å². The number of allylic oxidation sites excluding steroid dienone is 3. The van der Waals surface area contributed by atoms with Gasteiger partial charge in [0.05, 0.1) is 12.2 Å². The van der Waals surface area contributed by atoms with E-state index in [2.05, 4.69) is 25.8 Å². The summed E-state index contributed by atoms with van der Waals surface area (Å²) in [7, 11) is 0. The van der Waals surface area contributed by atoms with Crippen LogP contribution in [0.4, 0.5) is 0 Å². The van der Waals surface area contributed by atoms with E-state index < -0.39 is 0 Å². The molecule has 0 bridgehead atoms. The van der Waals surface area contributed by atoms with Gasteiger partial charge in [0, 0.05) is 17.8 Å². The SMILES string of the molecule is CC(=C(/N)C#N)/C(C)=C(\N)N1CCc2nc(Br)sc2C1. The van der Waals surface area contributed by atoms with E-state index in [0.29, 0.717) is 5.82 Å². The Balaban J connectivity index is 2.28. The third kappa shape index (κ3) is 2.81. The van der Waals surface area contributed by atoms with Crippen molar-refractivity contribution in [3.63, 3.8) is 0 Å². The molecule has 4 N–H and O–H groups in total. The van der Waals surface area contributed by atoms with Gasteiger partial charge in [-0.15, -0.1) is 11.3 Å². The first-order chi connectivity index (χ1) is 9.43. The van der Waals surface area contributed by atoms with E-state index in [-0.39, 0.29) is 5.70 Å². The maximum atomic E-state index is 8.86. The fourth-order valence-electron chi connectivity index (χ4n) is 2.08. The second kappa shape index (κ2) is 5.85. The first-order valence-electron chi connectivity index (χ1n) is 6.16. The Hall–Kier alpha value is -1.52. The molecule has 0 unspecified atom stereocenters. The lowest BCUT2D eigenvalue weighted by Crippen LogP contribution is -2.34. The zero-order valence-corrected chi connectivity index (χ0v) is 13.8. The van der Waals surface area contributed by atoms with Crippen molar-refractivity contribution >= 4 is 27.3 Å². The highest BCUT2D eigenvalue weighted by atomic mass is 79.9. The molecule has 0 aliphatic carbocycles. The number of hydrogen-bond donors (Lipinski definition) is 2. The summed E-state index contributed by atoms with van der Waals surface area (Å²) in [5.41, 5.74) is 14.8. The quantitative estimate of drug-likeness (QED) is 0.628. The Morgan fingerprint density at radius 2 is 2.10 bits per heavy atom. The molecule has 0 aromatic carbocycles. The number of halogens is 1. The molecule has 2 heterocycles. The van der Waals surface area contributed by atoms with Crippen molar-refractivity contribution in [1.82, 2.24) is 9.88 Å². The van der Waals surface area contributed by atoms with Crippen molar-refractivity contribution in [3.05, 3.63) is 37.2 Å². The van der Waals surface area contributed by atoms with Gasteiger partial charge >= 0.3 is 0 Å². The average molecular weight is 354 g/mol. The van der Waals surface area contributed by atoms with E-state index >= 15 is 0 Å². The summed E-state index contributed by atoms with van der Waals surface area (Å²) in [6.07, 6.45) is 0.877. The molecule has 1 aromatic heterocycles. The van der Waals surface area contributed by atoms with Gasteiger partial charge < -0.3 is 16.4 Å². The molecule has 0 atom stereocenters. The number of thiazole rings is 1. The minimum atomic E-state index is 0.212. The summed E-state index contributed by atoms with van der Waals surface area (Å²) >= 11 is 5.05. The molecule has 106 valence electrons. The van der Waals surface area contributed by atoms with Gasteiger partial charge in [0.15, 0.2) is 3.92 Å². The standard InChI is InChI=1S/C13H16BrN5S/c1-7(9(16)5-15)8(2)12(17)19-4-3-10-11(6-19)20-13(14)18-10/h3-4,6,16-17H2,1-2H3/b9-7-,12-8+. The third-order valence-electron chi connectivity index (χ3n) is 3.52. The van der Waals surface area contributed by atoms with Crippen LogP contribution in [-0.2, 0) is 13.0 Å². The molecule has 0 radical (unpaired) electrons. The molecule has 1 aliphatic rings. The summed E-state index contributed by atoms with van der Waals surface area (Å²) in [6, 6.07) is 1.96. The second-order valence-corrected chi connectivity index (χ2v) is 7.03. The van der Waals surface area contributed by atoms with E-state index in [4.69, 9.17) is 16.7 Å². The predicted octanol–water partition coefficient (Wildman–Crippen LogP) is 2.21. The van der Waals surface area contributed by atoms with Gasteiger partial charge in [0.25, 0.3) is 0 Å². The van der Waals surface area contributed by atoms with Gasteiger partial charge in [-0.25, -0.2) is 4.98 Å². The van der Waals surface area contributed by atoms with Gasteiger partial charge in [-0.05, 0) is 40.9 Å². The summed E-state index contributed by atoms with van der Waals surface area (Å²) in [4.78, 5) is 7.78. The molecule has 0 spiro atoms. The van der Waals surface area contributed by atoms with E-state index in [1.807, 2.05) is 19.9 Å². The van der Waals surface area contributed by atoms with Crippen LogP contribution in [0.5, 0.6) is 0 Å². The van der Waals surface area contributed by atoms with Crippen molar-refractivity contribution in [2.45, 2.75) is 26.8 Å². The van der Waals surface area contributed by atoms with Crippen molar-refractivity contribution in [3.8, 4) is 6.07 Å². The Morgan fingerprint density at radius 3 is 2.75 bits per heavy atom. The molecule has 1 aliphatic heterocycles. The Kier molecular flexibility index (Phi) is 4.35. The minimum Gasteiger partial charge on any atom is -0.390 e. The highest BCUT2D eigenvalue weighted by Gasteiger charge is 2.22. The molecular weight excluding hydrogens is 338 g/mol. The second-order valence-electron chi connectivity index (χ2n) is 4.67. The number of nitrogens with zero attached hydrogens (tertiary/aromatic N) is 3. The molecule has 0 fully saturated rings. The summed E-state index contributed by atoms with van der Waals surface area (Å²) < 4.78 is 0.911. The molecule has 7 heteroatoms. The lowest BCUT2D eigenvalue weighted by Gasteiger charge is -2.29. The van der Waals surface area contributed by atoms with Crippen LogP contribution >= 0.6 is 27.3 Å². The maximum absolute atomic E-state index is 8.86. The number of nitrogens with two attached hydrogens (primary N) is 2. The molecular formula is C13H16BrN5S. The third-order valence-corrected chi connectivity index (χ3v) is 5.05. The zero-order valence-electron chi connectivity index (χ0n) is 11.4. The zero-order chi connectivity index (χ0) is 14.9. The van der Waals surface area contributed by atoms with Gasteiger partial charge in [0.2, 0.25) is 0 Å². The number of aromatic nitrogens is 1. The van der Waals surface area contributed by atoms with Crippen LogP contribution in [0.1, 0.15) is 24.4 Å². The van der Waals surface area contributed by atoms with Crippen LogP contribution < -0.4 is 11.5 Å². The van der Waals surface area contributed by atoms with Gasteiger partial charge in [0.1, 0.15) is 17.6 Å². The van der Waals surface area contributed by atoms with E-state index in [1.54, 1.807) is 11.3 Å².